The third kappa shape index (κ3) is 4.09. The van der Waals surface area contributed by atoms with Crippen LogP contribution in [0.15, 0.2) is 12.1 Å². The van der Waals surface area contributed by atoms with Crippen molar-refractivity contribution in [2.24, 2.45) is 0 Å². The number of methoxy groups -OCH3 is 1. The Balaban J connectivity index is 2.75. The standard InChI is InChI=1S/C12H17BrN2O2/c1-8-4-5-11(9(2)14-8)12(16)15-10(6-13)7-17-3/h4-5,10H,6-7H2,1-3H3,(H,15,16). The second-order valence-electron chi connectivity index (χ2n) is 3.87. The number of carbonyl (C=O) groups excluding carboxylic acids is 1. The third-order valence-corrected chi connectivity index (χ3v) is 3.14. The first-order valence-electron chi connectivity index (χ1n) is 5.38. The zero-order chi connectivity index (χ0) is 12.8. The van der Waals surface area contributed by atoms with Crippen molar-refractivity contribution in [3.05, 3.63) is 29.1 Å². The van der Waals surface area contributed by atoms with E-state index in [-0.39, 0.29) is 11.9 Å². The number of pyridine rings is 1. The van der Waals surface area contributed by atoms with Crippen LogP contribution in [-0.4, -0.2) is 36.0 Å². The van der Waals surface area contributed by atoms with E-state index in [1.54, 1.807) is 13.2 Å². The number of hydrogen-bond acceptors (Lipinski definition) is 3. The topological polar surface area (TPSA) is 51.2 Å². The highest BCUT2D eigenvalue weighted by Crippen LogP contribution is 2.07. The molecule has 17 heavy (non-hydrogen) atoms. The van der Waals surface area contributed by atoms with E-state index in [0.29, 0.717) is 17.5 Å². The van der Waals surface area contributed by atoms with Crippen molar-refractivity contribution in [3.8, 4) is 0 Å². The number of rotatable bonds is 5. The largest absolute Gasteiger partial charge is 0.383 e. The molecular weight excluding hydrogens is 284 g/mol. The number of carbonyl (C=O) groups is 1. The van der Waals surface area contributed by atoms with Crippen LogP contribution in [0.25, 0.3) is 0 Å². The first kappa shape index (κ1) is 14.1. The molecule has 1 aromatic heterocycles. The molecule has 94 valence electrons. The molecule has 0 fully saturated rings. The van der Waals surface area contributed by atoms with Crippen LogP contribution >= 0.6 is 15.9 Å². The summed E-state index contributed by atoms with van der Waals surface area (Å²) in [6.07, 6.45) is 0. The Morgan fingerprint density at radius 3 is 2.76 bits per heavy atom. The Bertz CT molecular complexity index is 396. The number of alkyl halides is 1. The molecular formula is C12H17BrN2O2. The molecule has 1 rings (SSSR count). The lowest BCUT2D eigenvalue weighted by atomic mass is 10.1. The Hall–Kier alpha value is -0.940. The number of aryl methyl sites for hydroxylation is 2. The fourth-order valence-electron chi connectivity index (χ4n) is 1.52. The first-order valence-corrected chi connectivity index (χ1v) is 6.50. The Labute approximate surface area is 110 Å². The molecule has 4 nitrogen and oxygen atoms in total. The number of nitrogens with zero attached hydrogens (tertiary/aromatic N) is 1. The average Bonchev–Trinajstić information content (AvgIpc) is 2.28. The second kappa shape index (κ2) is 6.71. The lowest BCUT2D eigenvalue weighted by Crippen LogP contribution is -2.39. The van der Waals surface area contributed by atoms with E-state index in [1.807, 2.05) is 19.9 Å². The van der Waals surface area contributed by atoms with Gasteiger partial charge in [-0.3, -0.25) is 9.78 Å². The Kier molecular flexibility index (Phi) is 5.58. The third-order valence-electron chi connectivity index (χ3n) is 2.36. The van der Waals surface area contributed by atoms with Crippen LogP contribution in [0.2, 0.25) is 0 Å². The molecule has 0 spiro atoms. The van der Waals surface area contributed by atoms with E-state index in [4.69, 9.17) is 4.74 Å². The molecule has 0 saturated carbocycles. The van der Waals surface area contributed by atoms with Gasteiger partial charge in [0.1, 0.15) is 0 Å². The number of nitrogens with one attached hydrogen (secondary N) is 1. The van der Waals surface area contributed by atoms with Crippen LogP contribution in [0.3, 0.4) is 0 Å². The SMILES string of the molecule is COCC(CBr)NC(=O)c1ccc(C)nc1C. The summed E-state index contributed by atoms with van der Waals surface area (Å²) in [5, 5.41) is 3.55. The van der Waals surface area contributed by atoms with Gasteiger partial charge in [0.15, 0.2) is 0 Å². The summed E-state index contributed by atoms with van der Waals surface area (Å²) in [6.45, 7) is 4.22. The monoisotopic (exact) mass is 300 g/mol. The molecule has 1 atom stereocenters. The molecule has 5 heteroatoms. The maximum atomic E-state index is 12.0. The molecule has 1 unspecified atom stereocenters. The lowest BCUT2D eigenvalue weighted by Gasteiger charge is -2.15. The predicted octanol–water partition coefficient (Wildman–Crippen LogP) is 1.84. The molecule has 0 radical (unpaired) electrons. The van der Waals surface area contributed by atoms with Crippen molar-refractivity contribution in [1.29, 1.82) is 0 Å². The number of halogens is 1. The maximum Gasteiger partial charge on any atom is 0.253 e. The highest BCUT2D eigenvalue weighted by Gasteiger charge is 2.14. The van der Waals surface area contributed by atoms with E-state index in [9.17, 15) is 4.79 Å². The highest BCUT2D eigenvalue weighted by molar-refractivity contribution is 9.09. The maximum absolute atomic E-state index is 12.0. The molecule has 0 aliphatic carbocycles. The van der Waals surface area contributed by atoms with E-state index in [0.717, 1.165) is 11.4 Å². The van der Waals surface area contributed by atoms with Gasteiger partial charge in [0.2, 0.25) is 0 Å². The quantitative estimate of drug-likeness (QED) is 0.844. The van der Waals surface area contributed by atoms with Gasteiger partial charge in [0.05, 0.1) is 23.9 Å². The molecule has 0 bridgehead atoms. The number of ether oxygens (including phenoxy) is 1. The van der Waals surface area contributed by atoms with E-state index in [1.165, 1.54) is 0 Å². The van der Waals surface area contributed by atoms with Gasteiger partial charge >= 0.3 is 0 Å². The summed E-state index contributed by atoms with van der Waals surface area (Å²) < 4.78 is 5.02. The van der Waals surface area contributed by atoms with Crippen LogP contribution in [0, 0.1) is 13.8 Å². The van der Waals surface area contributed by atoms with E-state index in [2.05, 4.69) is 26.2 Å². The summed E-state index contributed by atoms with van der Waals surface area (Å²) in [6, 6.07) is 3.60. The van der Waals surface area contributed by atoms with Crippen LogP contribution < -0.4 is 5.32 Å². The number of aromatic nitrogens is 1. The molecule has 0 aromatic carbocycles. The van der Waals surface area contributed by atoms with Gasteiger partial charge in [0, 0.05) is 18.1 Å². The zero-order valence-corrected chi connectivity index (χ0v) is 11.9. The van der Waals surface area contributed by atoms with Crippen LogP contribution in [0.4, 0.5) is 0 Å². The number of hydrogen-bond donors (Lipinski definition) is 1. The minimum absolute atomic E-state index is 0.0341. The summed E-state index contributed by atoms with van der Waals surface area (Å²) in [5.41, 5.74) is 2.26. The fourth-order valence-corrected chi connectivity index (χ4v) is 1.86. The van der Waals surface area contributed by atoms with Crippen molar-refractivity contribution in [2.45, 2.75) is 19.9 Å². The van der Waals surface area contributed by atoms with Crippen molar-refractivity contribution < 1.29 is 9.53 Å². The molecule has 1 aromatic rings. The number of amides is 1. The summed E-state index contributed by atoms with van der Waals surface area (Å²) >= 11 is 3.34. The molecule has 1 heterocycles. The average molecular weight is 301 g/mol. The van der Waals surface area contributed by atoms with Gasteiger partial charge in [-0.2, -0.15) is 0 Å². The van der Waals surface area contributed by atoms with Crippen molar-refractivity contribution in [1.82, 2.24) is 10.3 Å². The van der Waals surface area contributed by atoms with E-state index < -0.39 is 0 Å². The van der Waals surface area contributed by atoms with Crippen molar-refractivity contribution in [3.63, 3.8) is 0 Å². The van der Waals surface area contributed by atoms with E-state index >= 15 is 0 Å². The highest BCUT2D eigenvalue weighted by atomic mass is 79.9. The van der Waals surface area contributed by atoms with Crippen LogP contribution in [-0.2, 0) is 4.74 Å². The second-order valence-corrected chi connectivity index (χ2v) is 4.51. The minimum Gasteiger partial charge on any atom is -0.383 e. The molecule has 1 amide bonds. The molecule has 0 saturated heterocycles. The zero-order valence-electron chi connectivity index (χ0n) is 10.3. The molecule has 0 aliphatic rings. The normalized spacial score (nSPS) is 12.2. The predicted molar refractivity (Wildman–Crippen MR) is 70.6 cm³/mol. The van der Waals surface area contributed by atoms with Crippen molar-refractivity contribution >= 4 is 21.8 Å². The fraction of sp³-hybridized carbons (Fsp3) is 0.500. The Morgan fingerprint density at radius 1 is 1.53 bits per heavy atom. The van der Waals surface area contributed by atoms with Gasteiger partial charge in [-0.1, -0.05) is 15.9 Å². The van der Waals surface area contributed by atoms with Gasteiger partial charge in [-0.05, 0) is 26.0 Å². The summed E-state index contributed by atoms with van der Waals surface area (Å²) in [7, 11) is 1.61. The summed E-state index contributed by atoms with van der Waals surface area (Å²) in [4.78, 5) is 16.3. The van der Waals surface area contributed by atoms with Crippen LogP contribution in [0.5, 0.6) is 0 Å². The van der Waals surface area contributed by atoms with Crippen molar-refractivity contribution in [2.75, 3.05) is 19.0 Å². The first-order chi connectivity index (χ1) is 8.08. The smallest absolute Gasteiger partial charge is 0.253 e. The lowest BCUT2D eigenvalue weighted by molar-refractivity contribution is 0.0907. The summed E-state index contributed by atoms with van der Waals surface area (Å²) in [5.74, 6) is -0.114. The minimum atomic E-state index is -0.114. The van der Waals surface area contributed by atoms with Gasteiger partial charge in [0.25, 0.3) is 5.91 Å². The van der Waals surface area contributed by atoms with Gasteiger partial charge < -0.3 is 10.1 Å². The van der Waals surface area contributed by atoms with Gasteiger partial charge in [-0.25, -0.2) is 0 Å². The Morgan fingerprint density at radius 2 is 2.24 bits per heavy atom. The van der Waals surface area contributed by atoms with Crippen LogP contribution in [0.1, 0.15) is 21.7 Å². The molecule has 1 N–H and O–H groups in total. The van der Waals surface area contributed by atoms with Gasteiger partial charge in [-0.15, -0.1) is 0 Å². The molecule has 0 aliphatic heterocycles.